The molecule has 0 saturated heterocycles. The molecule has 0 bridgehead atoms. The van der Waals surface area contributed by atoms with Gasteiger partial charge in [0.15, 0.2) is 0 Å². The van der Waals surface area contributed by atoms with E-state index >= 15 is 0 Å². The number of hydrogen-bond donors (Lipinski definition) is 2. The molecular formula is C30H42N2. The van der Waals surface area contributed by atoms with E-state index in [1.165, 1.54) is 80.9 Å². The molecule has 0 spiro atoms. The zero-order valence-corrected chi connectivity index (χ0v) is 20.3. The lowest BCUT2D eigenvalue weighted by molar-refractivity contribution is 0.443. The molecule has 2 fully saturated rings. The molecule has 0 aliphatic heterocycles. The summed E-state index contributed by atoms with van der Waals surface area (Å²) >= 11 is 0. The quantitative estimate of drug-likeness (QED) is 0.452. The van der Waals surface area contributed by atoms with Crippen LogP contribution in [-0.2, 0) is 5.41 Å². The van der Waals surface area contributed by atoms with Crippen molar-refractivity contribution in [2.75, 3.05) is 11.5 Å². The molecule has 2 saturated carbocycles. The average molecular weight is 431 g/mol. The Balaban J connectivity index is 1.48. The second-order valence-electron chi connectivity index (χ2n) is 11.0. The minimum absolute atomic E-state index is 0.0965. The summed E-state index contributed by atoms with van der Waals surface area (Å²) in [7, 11) is 0. The predicted octanol–water partition coefficient (Wildman–Crippen LogP) is 8.33. The number of benzene rings is 2. The summed E-state index contributed by atoms with van der Waals surface area (Å²) in [6, 6.07) is 13.5. The molecule has 2 heteroatoms. The third-order valence-electron chi connectivity index (χ3n) is 8.07. The first-order valence-electron chi connectivity index (χ1n) is 12.8. The molecule has 4 N–H and O–H groups in total. The summed E-state index contributed by atoms with van der Waals surface area (Å²) in [6.45, 7) is 8.99. The molecule has 172 valence electrons. The van der Waals surface area contributed by atoms with Crippen molar-refractivity contribution < 1.29 is 0 Å². The van der Waals surface area contributed by atoms with Crippen molar-refractivity contribution in [3.05, 3.63) is 65.2 Å². The van der Waals surface area contributed by atoms with E-state index in [9.17, 15) is 0 Å². The zero-order chi connectivity index (χ0) is 22.7. The maximum absolute atomic E-state index is 6.61. The van der Waals surface area contributed by atoms with Crippen LogP contribution in [0.1, 0.15) is 119 Å². The number of nitrogens with two attached hydrogens (primary N) is 2. The van der Waals surface area contributed by atoms with Gasteiger partial charge in [-0.2, -0.15) is 0 Å². The summed E-state index contributed by atoms with van der Waals surface area (Å²) in [4.78, 5) is 0. The molecular weight excluding hydrogens is 388 g/mol. The van der Waals surface area contributed by atoms with E-state index < -0.39 is 0 Å². The topological polar surface area (TPSA) is 52.0 Å². The molecule has 32 heavy (non-hydrogen) atoms. The monoisotopic (exact) mass is 430 g/mol. The Bertz CT molecular complexity index is 943. The standard InChI is InChI=1S/C30H42N2/c1-21(26-16-14-24(18-28(26)31)22-10-6-4-7-11-22)20-30(2,3)27-17-15-25(19-29(27)32)23-12-8-5-9-13-23/h14-19,22-23H,1,4-13,20,31-32H2,2-3H3. The lowest BCUT2D eigenvalue weighted by atomic mass is 9.75. The fraction of sp³-hybridized carbons (Fsp3) is 0.533. The Morgan fingerprint density at radius 2 is 1.28 bits per heavy atom. The van der Waals surface area contributed by atoms with Gasteiger partial charge in [0.05, 0.1) is 0 Å². The fourth-order valence-corrected chi connectivity index (χ4v) is 6.20. The SMILES string of the molecule is C=C(CC(C)(C)c1ccc(C2CCCCC2)cc1N)c1ccc(C2CCCCC2)cc1N. The lowest BCUT2D eigenvalue weighted by Crippen LogP contribution is -2.20. The van der Waals surface area contributed by atoms with E-state index in [1.807, 2.05) is 0 Å². The Morgan fingerprint density at radius 3 is 1.78 bits per heavy atom. The Kier molecular flexibility index (Phi) is 6.98. The second-order valence-corrected chi connectivity index (χ2v) is 11.0. The molecule has 2 aromatic carbocycles. The average Bonchev–Trinajstić information content (AvgIpc) is 2.79. The van der Waals surface area contributed by atoms with Gasteiger partial charge in [-0.25, -0.2) is 0 Å². The molecule has 4 rings (SSSR count). The van der Waals surface area contributed by atoms with Crippen molar-refractivity contribution in [1.29, 1.82) is 0 Å². The first-order chi connectivity index (χ1) is 15.3. The molecule has 2 aliphatic rings. The number of hydrogen-bond acceptors (Lipinski definition) is 2. The van der Waals surface area contributed by atoms with Gasteiger partial charge in [0, 0.05) is 16.9 Å². The van der Waals surface area contributed by atoms with Gasteiger partial charge in [-0.05, 0) is 83.8 Å². The molecule has 0 atom stereocenters. The van der Waals surface area contributed by atoms with Crippen LogP contribution in [0.3, 0.4) is 0 Å². The van der Waals surface area contributed by atoms with Gasteiger partial charge in [0.25, 0.3) is 0 Å². The third kappa shape index (κ3) is 5.05. The summed E-state index contributed by atoms with van der Waals surface area (Å²) in [5, 5.41) is 0. The Morgan fingerprint density at radius 1 is 0.781 bits per heavy atom. The lowest BCUT2D eigenvalue weighted by Gasteiger charge is -2.30. The van der Waals surface area contributed by atoms with E-state index in [4.69, 9.17) is 11.5 Å². The Hall–Kier alpha value is -2.22. The van der Waals surface area contributed by atoms with Gasteiger partial charge < -0.3 is 11.5 Å². The van der Waals surface area contributed by atoms with Gasteiger partial charge in [-0.1, -0.05) is 83.2 Å². The summed E-state index contributed by atoms with van der Waals surface area (Å²) in [5.41, 5.74) is 21.1. The van der Waals surface area contributed by atoms with Crippen LogP contribution >= 0.6 is 0 Å². The fourth-order valence-electron chi connectivity index (χ4n) is 6.20. The van der Waals surface area contributed by atoms with Crippen LogP contribution < -0.4 is 11.5 Å². The molecule has 2 aliphatic carbocycles. The Labute approximate surface area is 195 Å². The summed E-state index contributed by atoms with van der Waals surface area (Å²) in [6.07, 6.45) is 14.2. The number of nitrogen functional groups attached to an aromatic ring is 2. The van der Waals surface area contributed by atoms with Gasteiger partial charge >= 0.3 is 0 Å². The van der Waals surface area contributed by atoms with Gasteiger partial charge in [0.1, 0.15) is 0 Å². The molecule has 2 aromatic rings. The molecule has 0 aromatic heterocycles. The van der Waals surface area contributed by atoms with Crippen molar-refractivity contribution >= 4 is 16.9 Å². The largest absolute Gasteiger partial charge is 0.398 e. The molecule has 0 unspecified atom stereocenters. The van der Waals surface area contributed by atoms with Crippen LogP contribution in [0.2, 0.25) is 0 Å². The highest BCUT2D eigenvalue weighted by Crippen LogP contribution is 2.41. The maximum atomic E-state index is 6.61. The molecule has 2 nitrogen and oxygen atoms in total. The smallest absolute Gasteiger partial charge is 0.0393 e. The first kappa shape index (κ1) is 23.0. The van der Waals surface area contributed by atoms with Crippen LogP contribution in [0.4, 0.5) is 11.4 Å². The molecule has 0 amide bonds. The zero-order valence-electron chi connectivity index (χ0n) is 20.3. The van der Waals surface area contributed by atoms with Crippen molar-refractivity contribution in [3.63, 3.8) is 0 Å². The number of rotatable bonds is 6. The molecule has 0 radical (unpaired) electrons. The van der Waals surface area contributed by atoms with Crippen molar-refractivity contribution in [2.45, 2.75) is 102 Å². The van der Waals surface area contributed by atoms with E-state index in [-0.39, 0.29) is 5.41 Å². The van der Waals surface area contributed by atoms with E-state index in [0.717, 1.165) is 28.9 Å². The molecule has 0 heterocycles. The van der Waals surface area contributed by atoms with Gasteiger partial charge in [-0.15, -0.1) is 0 Å². The number of allylic oxidation sites excluding steroid dienone is 1. The van der Waals surface area contributed by atoms with Crippen molar-refractivity contribution in [1.82, 2.24) is 0 Å². The third-order valence-corrected chi connectivity index (χ3v) is 8.07. The van der Waals surface area contributed by atoms with Crippen LogP contribution in [-0.4, -0.2) is 0 Å². The predicted molar refractivity (Wildman–Crippen MR) is 140 cm³/mol. The second kappa shape index (κ2) is 9.73. The van der Waals surface area contributed by atoms with E-state index in [2.05, 4.69) is 56.8 Å². The van der Waals surface area contributed by atoms with Crippen LogP contribution in [0.15, 0.2) is 43.0 Å². The van der Waals surface area contributed by atoms with Crippen molar-refractivity contribution in [2.24, 2.45) is 0 Å². The van der Waals surface area contributed by atoms with E-state index in [0.29, 0.717) is 11.8 Å². The highest BCUT2D eigenvalue weighted by Gasteiger charge is 2.26. The maximum Gasteiger partial charge on any atom is 0.0393 e. The minimum Gasteiger partial charge on any atom is -0.398 e. The first-order valence-corrected chi connectivity index (χ1v) is 12.8. The summed E-state index contributed by atoms with van der Waals surface area (Å²) < 4.78 is 0. The van der Waals surface area contributed by atoms with Crippen molar-refractivity contribution in [3.8, 4) is 0 Å². The van der Waals surface area contributed by atoms with Crippen LogP contribution in [0.25, 0.3) is 5.57 Å². The van der Waals surface area contributed by atoms with Gasteiger partial charge in [-0.3, -0.25) is 0 Å². The van der Waals surface area contributed by atoms with Crippen LogP contribution in [0.5, 0.6) is 0 Å². The summed E-state index contributed by atoms with van der Waals surface area (Å²) in [5.74, 6) is 1.35. The van der Waals surface area contributed by atoms with Gasteiger partial charge in [0.2, 0.25) is 0 Å². The van der Waals surface area contributed by atoms with Crippen LogP contribution in [0, 0.1) is 0 Å². The normalized spacial score (nSPS) is 18.6. The number of anilines is 2. The minimum atomic E-state index is -0.0965. The highest BCUT2D eigenvalue weighted by molar-refractivity contribution is 5.75. The van der Waals surface area contributed by atoms with E-state index in [1.54, 1.807) is 0 Å². The highest BCUT2D eigenvalue weighted by atomic mass is 14.6.